The summed E-state index contributed by atoms with van der Waals surface area (Å²) >= 11 is 0. The second-order valence-electron chi connectivity index (χ2n) is 3.93. The van der Waals surface area contributed by atoms with Crippen LogP contribution < -0.4 is 0 Å². The third-order valence-electron chi connectivity index (χ3n) is 2.38. The highest BCUT2D eigenvalue weighted by atomic mass is 19.4. The van der Waals surface area contributed by atoms with Crippen LogP contribution in [0.4, 0.5) is 30.7 Å². The van der Waals surface area contributed by atoms with Gasteiger partial charge in [0.05, 0.1) is 0 Å². The van der Waals surface area contributed by atoms with Gasteiger partial charge in [-0.3, -0.25) is 4.79 Å². The van der Waals surface area contributed by atoms with E-state index >= 15 is 0 Å². The molecule has 9 heteroatoms. The van der Waals surface area contributed by atoms with Crippen molar-refractivity contribution in [3.8, 4) is 0 Å². The van der Waals surface area contributed by atoms with E-state index in [1.165, 1.54) is 0 Å². The maximum Gasteiger partial charge on any atom is 0.458 e. The highest BCUT2D eigenvalue weighted by molar-refractivity contribution is 5.68. The van der Waals surface area contributed by atoms with Crippen LogP contribution in [-0.2, 0) is 16.6 Å². The molecule has 0 aliphatic rings. The Bertz CT molecular complexity index is 508. The number of hydrogen-bond acceptors (Lipinski definition) is 1. The second-order valence-corrected chi connectivity index (χ2v) is 3.93. The van der Waals surface area contributed by atoms with Crippen molar-refractivity contribution in [2.75, 3.05) is 0 Å². The molecule has 0 unspecified atom stereocenters. The summed E-state index contributed by atoms with van der Waals surface area (Å²) in [5.41, 5.74) is -2.89. The van der Waals surface area contributed by atoms with Crippen molar-refractivity contribution in [3.63, 3.8) is 0 Å². The van der Waals surface area contributed by atoms with Crippen LogP contribution >= 0.6 is 0 Å². The summed E-state index contributed by atoms with van der Waals surface area (Å²) in [4.78, 5) is 10.2. The zero-order valence-electron chi connectivity index (χ0n) is 9.52. The number of carboxylic acid groups (broad SMARTS) is 1. The van der Waals surface area contributed by atoms with Crippen LogP contribution in [0.2, 0.25) is 0 Å². The summed E-state index contributed by atoms with van der Waals surface area (Å²) in [5.74, 6) is -11.3. The lowest BCUT2D eigenvalue weighted by atomic mass is 9.99. The van der Waals surface area contributed by atoms with Crippen LogP contribution in [0.3, 0.4) is 0 Å². The van der Waals surface area contributed by atoms with Crippen LogP contribution in [0.1, 0.15) is 17.5 Å². The average molecular weight is 304 g/mol. The Balaban J connectivity index is 3.24. The van der Waals surface area contributed by atoms with Crippen LogP contribution in [-0.4, -0.2) is 17.3 Å². The van der Waals surface area contributed by atoms with E-state index in [2.05, 4.69) is 0 Å². The van der Waals surface area contributed by atoms with E-state index in [1.54, 1.807) is 0 Å². The monoisotopic (exact) mass is 304 g/mol. The fourth-order valence-corrected chi connectivity index (χ4v) is 1.40. The molecule has 1 N–H and O–H groups in total. The fourth-order valence-electron chi connectivity index (χ4n) is 1.40. The molecule has 20 heavy (non-hydrogen) atoms. The molecule has 0 spiro atoms. The Hall–Kier alpha value is -1.80. The van der Waals surface area contributed by atoms with Crippen molar-refractivity contribution < 1.29 is 40.6 Å². The van der Waals surface area contributed by atoms with Gasteiger partial charge >= 0.3 is 18.1 Å². The van der Waals surface area contributed by atoms with E-state index in [9.17, 15) is 35.5 Å². The first-order valence-electron chi connectivity index (χ1n) is 5.03. The number of carbonyl (C=O) groups is 1. The molecule has 0 aromatic heterocycles. The summed E-state index contributed by atoms with van der Waals surface area (Å²) < 4.78 is 89.1. The van der Waals surface area contributed by atoms with Gasteiger partial charge in [0.25, 0.3) is 5.92 Å². The standard InChI is InChI=1S/C11H7F7O2/c12-9(13,5-8(19)20)6-2-1-3-7(4-6)10(14,15)11(16,17)18/h1-4H,5H2,(H,19,20). The van der Waals surface area contributed by atoms with Crippen molar-refractivity contribution in [3.05, 3.63) is 35.4 Å². The summed E-state index contributed by atoms with van der Waals surface area (Å²) in [6.07, 6.45) is -7.65. The highest BCUT2D eigenvalue weighted by Crippen LogP contribution is 2.45. The topological polar surface area (TPSA) is 37.3 Å². The predicted octanol–water partition coefficient (Wildman–Crippen LogP) is 3.91. The van der Waals surface area contributed by atoms with Crippen molar-refractivity contribution >= 4 is 5.97 Å². The number of alkyl halides is 7. The molecular formula is C11H7F7O2. The number of aliphatic carboxylic acids is 1. The number of carboxylic acids is 1. The molecule has 0 atom stereocenters. The van der Waals surface area contributed by atoms with Crippen molar-refractivity contribution in [2.45, 2.75) is 24.4 Å². The predicted molar refractivity (Wildman–Crippen MR) is 52.5 cm³/mol. The Morgan fingerprint density at radius 3 is 1.95 bits per heavy atom. The molecular weight excluding hydrogens is 297 g/mol. The van der Waals surface area contributed by atoms with Crippen molar-refractivity contribution in [1.29, 1.82) is 0 Å². The quantitative estimate of drug-likeness (QED) is 0.856. The number of halogens is 7. The minimum atomic E-state index is -5.94. The van der Waals surface area contributed by atoms with Gasteiger partial charge in [-0.2, -0.15) is 22.0 Å². The third kappa shape index (κ3) is 3.20. The van der Waals surface area contributed by atoms with Gasteiger partial charge in [0.2, 0.25) is 0 Å². The summed E-state index contributed by atoms with van der Waals surface area (Å²) in [6, 6.07) is 1.46. The first kappa shape index (κ1) is 16.3. The Morgan fingerprint density at radius 2 is 1.50 bits per heavy atom. The normalized spacial score (nSPS) is 13.3. The van der Waals surface area contributed by atoms with E-state index in [0.29, 0.717) is 18.2 Å². The van der Waals surface area contributed by atoms with Gasteiger partial charge in [0.15, 0.2) is 0 Å². The smallest absolute Gasteiger partial charge is 0.458 e. The van der Waals surface area contributed by atoms with Crippen LogP contribution in [0, 0.1) is 0 Å². The zero-order valence-corrected chi connectivity index (χ0v) is 9.52. The maximum absolute atomic E-state index is 13.4. The molecule has 0 aliphatic carbocycles. The lowest BCUT2D eigenvalue weighted by Crippen LogP contribution is -2.34. The zero-order chi connectivity index (χ0) is 15.8. The molecule has 0 saturated heterocycles. The largest absolute Gasteiger partial charge is 0.481 e. The van der Waals surface area contributed by atoms with Crippen LogP contribution in [0.5, 0.6) is 0 Å². The Kier molecular flexibility index (Phi) is 4.02. The van der Waals surface area contributed by atoms with Gasteiger partial charge in [-0.05, 0) is 6.07 Å². The van der Waals surface area contributed by atoms with E-state index in [4.69, 9.17) is 5.11 Å². The average Bonchev–Trinajstić information content (AvgIpc) is 2.26. The van der Waals surface area contributed by atoms with Gasteiger partial charge in [-0.1, -0.05) is 18.2 Å². The highest BCUT2D eigenvalue weighted by Gasteiger charge is 2.58. The molecule has 0 amide bonds. The molecule has 0 bridgehead atoms. The fraction of sp³-hybridized carbons (Fsp3) is 0.364. The van der Waals surface area contributed by atoms with Gasteiger partial charge < -0.3 is 5.11 Å². The van der Waals surface area contributed by atoms with Gasteiger partial charge in [0.1, 0.15) is 6.42 Å². The molecule has 0 radical (unpaired) electrons. The first-order valence-corrected chi connectivity index (χ1v) is 5.03. The minimum absolute atomic E-state index is 0.0452. The van der Waals surface area contributed by atoms with Crippen LogP contribution in [0.25, 0.3) is 0 Å². The number of benzene rings is 1. The van der Waals surface area contributed by atoms with Gasteiger partial charge in [0, 0.05) is 11.1 Å². The van der Waals surface area contributed by atoms with Gasteiger partial charge in [-0.25, -0.2) is 8.78 Å². The van der Waals surface area contributed by atoms with E-state index in [-0.39, 0.29) is 6.07 Å². The summed E-state index contributed by atoms with van der Waals surface area (Å²) in [7, 11) is 0. The lowest BCUT2D eigenvalue weighted by Gasteiger charge is -2.22. The second kappa shape index (κ2) is 4.95. The molecule has 0 fully saturated rings. The Morgan fingerprint density at radius 1 is 1.00 bits per heavy atom. The molecule has 2 nitrogen and oxygen atoms in total. The SMILES string of the molecule is O=C(O)CC(F)(F)c1cccc(C(F)(F)C(F)(F)F)c1. The number of hydrogen-bond donors (Lipinski definition) is 1. The first-order chi connectivity index (χ1) is 8.88. The summed E-state index contributed by atoms with van der Waals surface area (Å²) in [6.45, 7) is 0. The molecule has 0 saturated carbocycles. The summed E-state index contributed by atoms with van der Waals surface area (Å²) in [5, 5.41) is 8.26. The van der Waals surface area contributed by atoms with Gasteiger partial charge in [-0.15, -0.1) is 0 Å². The molecule has 1 aromatic rings. The van der Waals surface area contributed by atoms with E-state index < -0.39 is 41.5 Å². The Labute approximate surface area is 107 Å². The maximum atomic E-state index is 13.4. The van der Waals surface area contributed by atoms with Crippen molar-refractivity contribution in [1.82, 2.24) is 0 Å². The molecule has 0 heterocycles. The molecule has 1 aromatic carbocycles. The minimum Gasteiger partial charge on any atom is -0.481 e. The number of rotatable bonds is 4. The third-order valence-corrected chi connectivity index (χ3v) is 2.38. The molecule has 0 aliphatic heterocycles. The molecule has 1 rings (SSSR count). The van der Waals surface area contributed by atoms with E-state index in [1.807, 2.05) is 0 Å². The lowest BCUT2D eigenvalue weighted by molar-refractivity contribution is -0.289. The molecule has 112 valence electrons. The van der Waals surface area contributed by atoms with Crippen molar-refractivity contribution in [2.24, 2.45) is 0 Å². The van der Waals surface area contributed by atoms with E-state index in [0.717, 1.165) is 0 Å². The van der Waals surface area contributed by atoms with Crippen LogP contribution in [0.15, 0.2) is 24.3 Å².